The summed E-state index contributed by atoms with van der Waals surface area (Å²) in [5.74, 6) is 1.59. The van der Waals surface area contributed by atoms with Crippen molar-refractivity contribution in [2.75, 3.05) is 13.7 Å². The topological polar surface area (TPSA) is 30.5 Å². The molecule has 0 aliphatic rings. The first-order chi connectivity index (χ1) is 10.1. The van der Waals surface area contributed by atoms with E-state index in [2.05, 4.69) is 61.9 Å². The highest BCUT2D eigenvalue weighted by Crippen LogP contribution is 2.35. The Balaban J connectivity index is 0.00000484. The summed E-state index contributed by atoms with van der Waals surface area (Å²) in [4.78, 5) is 0. The number of rotatable bonds is 7. The highest BCUT2D eigenvalue weighted by atomic mass is 79.9. The van der Waals surface area contributed by atoms with E-state index < -0.39 is 0 Å². The Bertz CT molecular complexity index is 499. The van der Waals surface area contributed by atoms with E-state index in [-0.39, 0.29) is 23.4 Å². The van der Waals surface area contributed by atoms with Crippen molar-refractivity contribution >= 4 is 28.3 Å². The van der Waals surface area contributed by atoms with Crippen molar-refractivity contribution in [3.05, 3.63) is 22.2 Å². The lowest BCUT2D eigenvalue weighted by atomic mass is 9.82. The minimum atomic E-state index is 0. The molecule has 0 bridgehead atoms. The van der Waals surface area contributed by atoms with Crippen LogP contribution in [-0.4, -0.2) is 19.3 Å². The lowest BCUT2D eigenvalue weighted by molar-refractivity contribution is 0.238. The van der Waals surface area contributed by atoms with Crippen LogP contribution in [0.5, 0.6) is 11.5 Å². The Hall–Kier alpha value is -0.450. The van der Waals surface area contributed by atoms with E-state index in [0.29, 0.717) is 6.61 Å². The number of methoxy groups -OCH3 is 1. The highest BCUT2D eigenvalue weighted by Gasteiger charge is 2.25. The molecule has 3 nitrogen and oxygen atoms in total. The molecule has 5 heteroatoms. The molecule has 0 spiro atoms. The van der Waals surface area contributed by atoms with Crippen molar-refractivity contribution < 1.29 is 9.47 Å². The van der Waals surface area contributed by atoms with Gasteiger partial charge >= 0.3 is 0 Å². The van der Waals surface area contributed by atoms with Gasteiger partial charge in [-0.15, -0.1) is 12.4 Å². The zero-order valence-corrected chi connectivity index (χ0v) is 17.8. The Morgan fingerprint density at radius 3 is 2.22 bits per heavy atom. The smallest absolute Gasteiger partial charge is 0.165 e. The van der Waals surface area contributed by atoms with Crippen LogP contribution in [0.1, 0.15) is 53.5 Å². The minimum Gasteiger partial charge on any atom is -0.493 e. The van der Waals surface area contributed by atoms with Crippen LogP contribution in [0.4, 0.5) is 0 Å². The Morgan fingerprint density at radius 1 is 1.13 bits per heavy atom. The van der Waals surface area contributed by atoms with Crippen molar-refractivity contribution in [2.45, 2.75) is 60.0 Å². The Morgan fingerprint density at radius 2 is 1.74 bits per heavy atom. The lowest BCUT2D eigenvalue weighted by Gasteiger charge is -2.33. The zero-order valence-electron chi connectivity index (χ0n) is 15.4. The van der Waals surface area contributed by atoms with Crippen molar-refractivity contribution in [3.8, 4) is 11.5 Å². The molecule has 0 unspecified atom stereocenters. The molecular formula is C18H31BrClNO2. The largest absolute Gasteiger partial charge is 0.493 e. The fourth-order valence-electron chi connectivity index (χ4n) is 2.94. The third-order valence-electron chi connectivity index (χ3n) is 3.33. The van der Waals surface area contributed by atoms with Gasteiger partial charge in [0.05, 0.1) is 13.7 Å². The van der Waals surface area contributed by atoms with Gasteiger partial charge in [-0.1, -0.05) is 36.7 Å². The van der Waals surface area contributed by atoms with Gasteiger partial charge in [-0.3, -0.25) is 0 Å². The van der Waals surface area contributed by atoms with Gasteiger partial charge in [0.15, 0.2) is 11.5 Å². The maximum atomic E-state index is 5.79. The first-order valence-corrected chi connectivity index (χ1v) is 8.61. The number of hydrogen-bond acceptors (Lipinski definition) is 3. The fourth-order valence-corrected chi connectivity index (χ4v) is 3.42. The second kappa shape index (κ2) is 9.14. The van der Waals surface area contributed by atoms with E-state index in [1.54, 1.807) is 7.11 Å². The van der Waals surface area contributed by atoms with Crippen LogP contribution in [0, 0.1) is 5.41 Å². The molecule has 1 aromatic carbocycles. The standard InChI is InChI=1S/C18H30BrNO2.ClH/c1-8-22-16-13(9-14(19)10-15(16)21-7)11-20-18(5,6)12-17(2,3)4;/h9-10,20H,8,11-12H2,1-7H3;1H. The molecule has 0 aromatic heterocycles. The van der Waals surface area contributed by atoms with E-state index in [1.165, 1.54) is 0 Å². The van der Waals surface area contributed by atoms with Crippen LogP contribution in [0.3, 0.4) is 0 Å². The van der Waals surface area contributed by atoms with Crippen molar-refractivity contribution in [1.29, 1.82) is 0 Å². The van der Waals surface area contributed by atoms with Crippen LogP contribution >= 0.6 is 28.3 Å². The third kappa shape index (κ3) is 7.77. The van der Waals surface area contributed by atoms with E-state index in [0.717, 1.165) is 34.5 Å². The summed E-state index contributed by atoms with van der Waals surface area (Å²) >= 11 is 3.55. The van der Waals surface area contributed by atoms with E-state index in [1.807, 2.05) is 13.0 Å². The summed E-state index contributed by atoms with van der Waals surface area (Å²) in [6.45, 7) is 14.6. The van der Waals surface area contributed by atoms with Gasteiger partial charge in [-0.2, -0.15) is 0 Å². The molecule has 0 amide bonds. The van der Waals surface area contributed by atoms with Crippen LogP contribution in [0.2, 0.25) is 0 Å². The minimum absolute atomic E-state index is 0. The molecule has 1 aromatic rings. The molecule has 0 aliphatic carbocycles. The first kappa shape index (κ1) is 22.6. The first-order valence-electron chi connectivity index (χ1n) is 7.82. The van der Waals surface area contributed by atoms with Crippen molar-refractivity contribution in [2.24, 2.45) is 5.41 Å². The molecule has 0 fully saturated rings. The molecule has 0 heterocycles. The SMILES string of the molecule is CCOc1c(CNC(C)(C)CC(C)(C)C)cc(Br)cc1OC.Cl. The number of hydrogen-bond donors (Lipinski definition) is 1. The monoisotopic (exact) mass is 407 g/mol. The van der Waals surface area contributed by atoms with Crippen molar-refractivity contribution in [1.82, 2.24) is 5.32 Å². The maximum Gasteiger partial charge on any atom is 0.165 e. The quantitative estimate of drug-likeness (QED) is 0.638. The van der Waals surface area contributed by atoms with E-state index >= 15 is 0 Å². The molecule has 1 rings (SSSR count). The van der Waals surface area contributed by atoms with Crippen LogP contribution in [0.15, 0.2) is 16.6 Å². The normalized spacial score (nSPS) is 11.8. The van der Waals surface area contributed by atoms with Crippen LogP contribution in [0.25, 0.3) is 0 Å². The average molecular weight is 409 g/mol. The summed E-state index contributed by atoms with van der Waals surface area (Å²) in [5.41, 5.74) is 1.45. The van der Waals surface area contributed by atoms with Gasteiger partial charge in [0, 0.05) is 22.1 Å². The summed E-state index contributed by atoms with van der Waals surface area (Å²) in [6, 6.07) is 4.03. The summed E-state index contributed by atoms with van der Waals surface area (Å²) in [7, 11) is 1.67. The molecule has 0 saturated heterocycles. The van der Waals surface area contributed by atoms with Gasteiger partial charge in [0.25, 0.3) is 0 Å². The average Bonchev–Trinajstić information content (AvgIpc) is 2.36. The maximum absolute atomic E-state index is 5.79. The van der Waals surface area contributed by atoms with Gasteiger partial charge < -0.3 is 14.8 Å². The lowest BCUT2D eigenvalue weighted by Crippen LogP contribution is -2.41. The van der Waals surface area contributed by atoms with Crippen LogP contribution < -0.4 is 14.8 Å². The van der Waals surface area contributed by atoms with E-state index in [9.17, 15) is 0 Å². The molecule has 23 heavy (non-hydrogen) atoms. The second-order valence-corrected chi connectivity index (χ2v) is 8.42. The molecule has 134 valence electrons. The molecule has 0 saturated carbocycles. The van der Waals surface area contributed by atoms with Crippen LogP contribution in [-0.2, 0) is 6.54 Å². The van der Waals surface area contributed by atoms with Gasteiger partial charge in [-0.25, -0.2) is 0 Å². The predicted molar refractivity (Wildman–Crippen MR) is 104 cm³/mol. The molecule has 0 aliphatic heterocycles. The van der Waals surface area contributed by atoms with Gasteiger partial charge in [-0.05, 0) is 44.7 Å². The summed E-state index contributed by atoms with van der Waals surface area (Å²) in [5, 5.41) is 3.65. The molecule has 0 radical (unpaired) electrons. The van der Waals surface area contributed by atoms with Gasteiger partial charge in [0.2, 0.25) is 0 Å². The van der Waals surface area contributed by atoms with Gasteiger partial charge in [0.1, 0.15) is 0 Å². The molecule has 1 N–H and O–H groups in total. The zero-order chi connectivity index (χ0) is 17.0. The van der Waals surface area contributed by atoms with Crippen molar-refractivity contribution in [3.63, 3.8) is 0 Å². The Labute approximate surface area is 156 Å². The number of nitrogens with one attached hydrogen (secondary N) is 1. The molecule has 0 atom stereocenters. The fraction of sp³-hybridized carbons (Fsp3) is 0.667. The number of ether oxygens (including phenoxy) is 2. The second-order valence-electron chi connectivity index (χ2n) is 7.50. The van der Waals surface area contributed by atoms with E-state index in [4.69, 9.17) is 9.47 Å². The summed E-state index contributed by atoms with van der Waals surface area (Å²) < 4.78 is 12.2. The Kier molecular flexibility index (Phi) is 8.96. The number of halogens is 2. The molecular weight excluding hydrogens is 378 g/mol. The predicted octanol–water partition coefficient (Wildman–Crippen LogP) is 5.58. The number of benzene rings is 1. The summed E-state index contributed by atoms with van der Waals surface area (Å²) in [6.07, 6.45) is 1.09. The highest BCUT2D eigenvalue weighted by molar-refractivity contribution is 9.10. The third-order valence-corrected chi connectivity index (χ3v) is 3.79.